The number of aliphatic hydroxyl groups is 1. The van der Waals surface area contributed by atoms with Gasteiger partial charge in [-0.3, -0.25) is 4.99 Å². The maximum Gasteiger partial charge on any atom is 0.191 e. The summed E-state index contributed by atoms with van der Waals surface area (Å²) in [4.78, 5) is 9.53. The zero-order valence-corrected chi connectivity index (χ0v) is 22.0. The van der Waals surface area contributed by atoms with Crippen LogP contribution < -0.4 is 15.4 Å². The van der Waals surface area contributed by atoms with Crippen molar-refractivity contribution < 1.29 is 9.84 Å². The molecule has 2 rings (SSSR count). The molecule has 0 aliphatic carbocycles. The maximum atomic E-state index is 10.6. The lowest BCUT2D eigenvalue weighted by Gasteiger charge is -2.20. The molecule has 3 N–H and O–H groups in total. The van der Waals surface area contributed by atoms with Crippen LogP contribution in [0.2, 0.25) is 0 Å². The molecule has 1 aliphatic rings. The predicted octanol–water partition coefficient (Wildman–Crippen LogP) is 2.71. The van der Waals surface area contributed by atoms with E-state index >= 15 is 0 Å². The molecule has 178 valence electrons. The molecular weight excluding hydrogens is 505 g/mol. The van der Waals surface area contributed by atoms with Crippen LogP contribution in [-0.4, -0.2) is 86.4 Å². The lowest BCUT2D eigenvalue weighted by Crippen LogP contribution is -2.39. The quantitative estimate of drug-likeness (QED) is 0.181. The molecule has 1 saturated heterocycles. The first-order valence-electron chi connectivity index (χ1n) is 11.4. The molecule has 7 nitrogen and oxygen atoms in total. The lowest BCUT2D eigenvalue weighted by atomic mass is 10.1. The maximum absolute atomic E-state index is 10.6. The Morgan fingerprint density at radius 3 is 2.74 bits per heavy atom. The molecule has 1 aromatic carbocycles. The summed E-state index contributed by atoms with van der Waals surface area (Å²) in [5, 5.41) is 17.2. The molecule has 0 spiro atoms. The molecule has 1 atom stereocenters. The molecule has 1 aliphatic heterocycles. The minimum atomic E-state index is -0.662. The molecule has 1 fully saturated rings. The van der Waals surface area contributed by atoms with Crippen molar-refractivity contribution in [1.82, 2.24) is 20.4 Å². The van der Waals surface area contributed by atoms with Crippen molar-refractivity contribution in [3.05, 3.63) is 29.8 Å². The molecule has 0 amide bonds. The highest BCUT2D eigenvalue weighted by atomic mass is 127. The van der Waals surface area contributed by atoms with Gasteiger partial charge >= 0.3 is 0 Å². The second-order valence-electron chi connectivity index (χ2n) is 8.25. The molecule has 0 bridgehead atoms. The zero-order valence-electron chi connectivity index (χ0n) is 19.6. The van der Waals surface area contributed by atoms with Crippen LogP contribution in [0.1, 0.15) is 45.3 Å². The van der Waals surface area contributed by atoms with E-state index in [0.29, 0.717) is 6.54 Å². The summed E-state index contributed by atoms with van der Waals surface area (Å²) < 4.78 is 5.72. The van der Waals surface area contributed by atoms with E-state index in [9.17, 15) is 5.11 Å². The monoisotopic (exact) mass is 547 g/mol. The topological polar surface area (TPSA) is 72.4 Å². The Labute approximate surface area is 205 Å². The molecule has 1 unspecified atom stereocenters. The molecule has 0 aromatic heterocycles. The second-order valence-corrected chi connectivity index (χ2v) is 8.25. The number of ether oxygens (including phenoxy) is 1. The van der Waals surface area contributed by atoms with Crippen molar-refractivity contribution >= 4 is 29.9 Å². The van der Waals surface area contributed by atoms with Crippen LogP contribution in [0.4, 0.5) is 0 Å². The third-order valence-corrected chi connectivity index (χ3v) is 5.14. The van der Waals surface area contributed by atoms with Crippen LogP contribution in [0.25, 0.3) is 0 Å². The van der Waals surface area contributed by atoms with Gasteiger partial charge in [0, 0.05) is 26.2 Å². The van der Waals surface area contributed by atoms with E-state index in [1.165, 1.54) is 19.5 Å². The van der Waals surface area contributed by atoms with E-state index in [1.54, 1.807) is 0 Å². The Bertz CT molecular complexity index is 644. The van der Waals surface area contributed by atoms with E-state index < -0.39 is 6.10 Å². The Morgan fingerprint density at radius 1 is 1.19 bits per heavy atom. The summed E-state index contributed by atoms with van der Waals surface area (Å²) in [5.74, 6) is 1.53. The van der Waals surface area contributed by atoms with Gasteiger partial charge in [0.15, 0.2) is 5.96 Å². The zero-order chi connectivity index (χ0) is 21.8. The fourth-order valence-electron chi connectivity index (χ4n) is 3.53. The summed E-state index contributed by atoms with van der Waals surface area (Å²) in [6, 6.07) is 7.61. The van der Waals surface area contributed by atoms with Gasteiger partial charge in [0.25, 0.3) is 0 Å². The number of hydrogen-bond donors (Lipinski definition) is 3. The van der Waals surface area contributed by atoms with Crippen LogP contribution in [0.5, 0.6) is 5.75 Å². The highest BCUT2D eigenvalue weighted by Crippen LogP contribution is 2.20. The second kappa shape index (κ2) is 15.7. The molecule has 0 radical (unpaired) electrons. The van der Waals surface area contributed by atoms with Gasteiger partial charge in [0.1, 0.15) is 5.75 Å². The van der Waals surface area contributed by atoms with Gasteiger partial charge in [0.05, 0.1) is 18.8 Å². The van der Waals surface area contributed by atoms with Crippen LogP contribution >= 0.6 is 24.0 Å². The Balaban J connectivity index is 0.00000480. The Kier molecular flexibility index (Phi) is 14.1. The van der Waals surface area contributed by atoms with Crippen molar-refractivity contribution in [2.24, 2.45) is 4.99 Å². The van der Waals surface area contributed by atoms with Crippen LogP contribution in [0, 0.1) is 0 Å². The smallest absolute Gasteiger partial charge is 0.191 e. The number of hydrogen-bond acceptors (Lipinski definition) is 5. The minimum absolute atomic E-state index is 0. The van der Waals surface area contributed by atoms with Crippen LogP contribution in [-0.2, 0) is 0 Å². The van der Waals surface area contributed by atoms with Gasteiger partial charge in [-0.25, -0.2) is 0 Å². The molecule has 0 saturated carbocycles. The lowest BCUT2D eigenvalue weighted by molar-refractivity contribution is 0.185. The Morgan fingerprint density at radius 2 is 2.00 bits per heavy atom. The first kappa shape index (κ1) is 27.9. The molecule has 31 heavy (non-hydrogen) atoms. The average Bonchev–Trinajstić information content (AvgIpc) is 2.92. The number of halogens is 1. The van der Waals surface area contributed by atoms with Crippen molar-refractivity contribution in [1.29, 1.82) is 0 Å². The number of aliphatic hydroxyl groups excluding tert-OH is 1. The van der Waals surface area contributed by atoms with E-state index in [-0.39, 0.29) is 30.1 Å². The van der Waals surface area contributed by atoms with Gasteiger partial charge in [-0.2, -0.15) is 0 Å². The van der Waals surface area contributed by atoms with E-state index in [1.807, 2.05) is 45.0 Å². The SMILES string of the molecule is CCNC(=NCC(O)c1cccc(OC(C)C)c1)NCCCN1CCCN(C)CC1.I. The normalized spacial score (nSPS) is 17.0. The fraction of sp³-hybridized carbons (Fsp3) is 0.696. The fourth-order valence-corrected chi connectivity index (χ4v) is 3.53. The van der Waals surface area contributed by atoms with Crippen LogP contribution in [0.3, 0.4) is 0 Å². The van der Waals surface area contributed by atoms with E-state index in [4.69, 9.17) is 4.74 Å². The first-order chi connectivity index (χ1) is 14.5. The Hall–Kier alpha value is -1.10. The summed E-state index contributed by atoms with van der Waals surface area (Å²) in [6.45, 7) is 13.8. The number of rotatable bonds is 10. The van der Waals surface area contributed by atoms with Gasteiger partial charge < -0.3 is 30.3 Å². The van der Waals surface area contributed by atoms with Crippen molar-refractivity contribution in [3.63, 3.8) is 0 Å². The third kappa shape index (κ3) is 11.4. The number of nitrogens with one attached hydrogen (secondary N) is 2. The van der Waals surface area contributed by atoms with Crippen molar-refractivity contribution in [3.8, 4) is 5.75 Å². The summed E-state index contributed by atoms with van der Waals surface area (Å²) >= 11 is 0. The molecular formula is C23H42IN5O2. The summed E-state index contributed by atoms with van der Waals surface area (Å²) in [5.41, 5.74) is 0.818. The number of benzene rings is 1. The van der Waals surface area contributed by atoms with Gasteiger partial charge in [-0.15, -0.1) is 24.0 Å². The third-order valence-electron chi connectivity index (χ3n) is 5.14. The van der Waals surface area contributed by atoms with Crippen molar-refractivity contribution in [2.75, 3.05) is 59.4 Å². The van der Waals surface area contributed by atoms with Crippen molar-refractivity contribution in [2.45, 2.75) is 45.8 Å². The molecule has 1 aromatic rings. The highest BCUT2D eigenvalue weighted by Gasteiger charge is 2.12. The van der Waals surface area contributed by atoms with Gasteiger partial charge in [-0.05, 0) is 78.0 Å². The molecule has 8 heteroatoms. The van der Waals surface area contributed by atoms with Gasteiger partial charge in [0.2, 0.25) is 0 Å². The summed E-state index contributed by atoms with van der Waals surface area (Å²) in [6.07, 6.45) is 1.76. The van der Waals surface area contributed by atoms with E-state index in [2.05, 4.69) is 32.5 Å². The number of nitrogens with zero attached hydrogens (tertiary/aromatic N) is 3. The van der Waals surface area contributed by atoms with E-state index in [0.717, 1.165) is 56.4 Å². The summed E-state index contributed by atoms with van der Waals surface area (Å²) in [7, 11) is 2.20. The average molecular weight is 548 g/mol. The highest BCUT2D eigenvalue weighted by molar-refractivity contribution is 14.0. The minimum Gasteiger partial charge on any atom is -0.491 e. The number of guanidine groups is 1. The van der Waals surface area contributed by atoms with Gasteiger partial charge in [-0.1, -0.05) is 12.1 Å². The molecule has 1 heterocycles. The number of likely N-dealkylation sites (N-methyl/N-ethyl adjacent to an activating group) is 1. The largest absolute Gasteiger partial charge is 0.491 e. The van der Waals surface area contributed by atoms with Crippen LogP contribution in [0.15, 0.2) is 29.3 Å². The number of aliphatic imine (C=N–C) groups is 1. The predicted molar refractivity (Wildman–Crippen MR) is 140 cm³/mol. The standard InChI is InChI=1S/C23H41N5O2.HI/c1-5-24-23(25-11-7-13-28-14-8-12-27(4)15-16-28)26-18-22(29)20-9-6-10-21(17-20)30-19(2)3;/h6,9-10,17,19,22,29H,5,7-8,11-16,18H2,1-4H3,(H2,24,25,26);1H. The first-order valence-corrected chi connectivity index (χ1v) is 11.4.